The van der Waals surface area contributed by atoms with E-state index in [2.05, 4.69) is 5.32 Å². The Morgan fingerprint density at radius 1 is 1.19 bits per heavy atom. The minimum atomic E-state index is -0.190. The van der Waals surface area contributed by atoms with E-state index in [9.17, 15) is 4.79 Å². The smallest absolute Gasteiger partial charge is 0.227 e. The van der Waals surface area contributed by atoms with Gasteiger partial charge < -0.3 is 15.8 Å². The molecular weight excluding hydrogens is 371 g/mol. The van der Waals surface area contributed by atoms with Crippen LogP contribution in [-0.2, 0) is 17.6 Å². The number of carbonyl (C=O) groups excluding carboxylic acids is 1. The Morgan fingerprint density at radius 3 is 2.88 bits per heavy atom. The molecule has 0 aromatic heterocycles. The first-order chi connectivity index (χ1) is 12.1. The molecule has 2 aliphatic rings. The Kier molecular flexibility index (Phi) is 5.64. The molecule has 3 N–H and O–H groups in total. The van der Waals surface area contributed by atoms with Crippen LogP contribution >= 0.6 is 24.0 Å². The van der Waals surface area contributed by atoms with Crippen LogP contribution in [0.3, 0.4) is 0 Å². The molecule has 0 bridgehead atoms. The van der Waals surface area contributed by atoms with E-state index in [1.54, 1.807) is 0 Å². The molecule has 2 atom stereocenters. The number of aryl methyl sites for hydroxylation is 1. The van der Waals surface area contributed by atoms with E-state index in [1.165, 1.54) is 11.1 Å². The van der Waals surface area contributed by atoms with Crippen molar-refractivity contribution in [1.82, 2.24) is 5.32 Å². The van der Waals surface area contributed by atoms with Crippen LogP contribution in [0.5, 0.6) is 5.75 Å². The fourth-order valence-corrected chi connectivity index (χ4v) is 4.00. The Hall–Kier alpha value is -1.91. The van der Waals surface area contributed by atoms with Gasteiger partial charge in [-0.3, -0.25) is 4.79 Å². The van der Waals surface area contributed by atoms with Crippen LogP contribution in [-0.4, -0.2) is 12.5 Å². The fourth-order valence-electron chi connectivity index (χ4n) is 3.81. The van der Waals surface area contributed by atoms with Gasteiger partial charge >= 0.3 is 0 Å². The van der Waals surface area contributed by atoms with E-state index in [-0.39, 0.29) is 30.3 Å². The van der Waals surface area contributed by atoms with Gasteiger partial charge in [-0.15, -0.1) is 12.4 Å². The minimum Gasteiger partial charge on any atom is -0.492 e. The standard InChI is InChI=1S/C20H21ClN2O2.ClH/c21-15-4-7-19-13(9-15)8-14(11-25-19)20(24)23-18-3-1-2-12-10-16(22)5-6-17(12)18;/h4-7,9-10,14,18H,1-3,8,11,22H2,(H,23,24);1H. The molecule has 0 radical (unpaired) electrons. The zero-order valence-corrected chi connectivity index (χ0v) is 15.9. The fraction of sp³-hybridized carbons (Fsp3) is 0.350. The minimum absolute atomic E-state index is 0. The summed E-state index contributed by atoms with van der Waals surface area (Å²) in [6.45, 7) is 0.405. The molecule has 4 nitrogen and oxygen atoms in total. The lowest BCUT2D eigenvalue weighted by Gasteiger charge is -2.30. The third-order valence-electron chi connectivity index (χ3n) is 5.10. The van der Waals surface area contributed by atoms with E-state index in [0.717, 1.165) is 36.3 Å². The molecule has 4 rings (SSSR count). The lowest BCUT2D eigenvalue weighted by Crippen LogP contribution is -2.40. The van der Waals surface area contributed by atoms with Gasteiger partial charge in [0.25, 0.3) is 0 Å². The molecule has 0 spiro atoms. The summed E-state index contributed by atoms with van der Waals surface area (Å²) in [5.74, 6) is 0.678. The van der Waals surface area contributed by atoms with Crippen molar-refractivity contribution in [3.63, 3.8) is 0 Å². The number of hydrogen-bond acceptors (Lipinski definition) is 3. The van der Waals surface area contributed by atoms with E-state index in [0.29, 0.717) is 18.1 Å². The quantitative estimate of drug-likeness (QED) is 0.756. The summed E-state index contributed by atoms with van der Waals surface area (Å²) in [5, 5.41) is 3.89. The number of carbonyl (C=O) groups is 1. The maximum Gasteiger partial charge on any atom is 0.227 e. The lowest BCUT2D eigenvalue weighted by molar-refractivity contribution is -0.127. The number of anilines is 1. The van der Waals surface area contributed by atoms with Crippen molar-refractivity contribution >= 4 is 35.6 Å². The summed E-state index contributed by atoms with van der Waals surface area (Å²) in [5.41, 5.74) is 10.1. The Bertz CT molecular complexity index is 825. The van der Waals surface area contributed by atoms with E-state index in [1.807, 2.05) is 36.4 Å². The molecule has 2 aromatic carbocycles. The molecule has 1 amide bonds. The van der Waals surface area contributed by atoms with Crippen molar-refractivity contribution in [2.24, 2.45) is 5.92 Å². The Labute approximate surface area is 164 Å². The first kappa shape index (κ1) is 18.9. The summed E-state index contributed by atoms with van der Waals surface area (Å²) in [4.78, 5) is 12.8. The predicted octanol–water partition coefficient (Wildman–Crippen LogP) is 4.09. The number of nitrogens with one attached hydrogen (secondary N) is 1. The number of amides is 1. The van der Waals surface area contributed by atoms with Gasteiger partial charge in [0.1, 0.15) is 12.4 Å². The van der Waals surface area contributed by atoms with E-state index < -0.39 is 0 Å². The monoisotopic (exact) mass is 392 g/mol. The summed E-state index contributed by atoms with van der Waals surface area (Å²) in [6, 6.07) is 11.6. The number of rotatable bonds is 2. The average Bonchev–Trinajstić information content (AvgIpc) is 2.61. The molecule has 2 aromatic rings. The predicted molar refractivity (Wildman–Crippen MR) is 106 cm³/mol. The van der Waals surface area contributed by atoms with E-state index in [4.69, 9.17) is 22.1 Å². The zero-order valence-electron chi connectivity index (χ0n) is 14.3. The number of nitrogen functional groups attached to an aromatic ring is 1. The second kappa shape index (κ2) is 7.77. The first-order valence-electron chi connectivity index (χ1n) is 8.70. The average molecular weight is 393 g/mol. The van der Waals surface area contributed by atoms with Crippen molar-refractivity contribution in [3.8, 4) is 5.75 Å². The van der Waals surface area contributed by atoms with Crippen LogP contribution in [0, 0.1) is 5.92 Å². The molecule has 1 heterocycles. The lowest BCUT2D eigenvalue weighted by atomic mass is 9.86. The highest BCUT2D eigenvalue weighted by atomic mass is 35.5. The third kappa shape index (κ3) is 3.76. The SMILES string of the molecule is Cl.Nc1ccc2c(c1)CCCC2NC(=O)C1COc2ccc(Cl)cc2C1. The number of ether oxygens (including phenoxy) is 1. The summed E-state index contributed by atoms with van der Waals surface area (Å²) < 4.78 is 5.75. The molecule has 138 valence electrons. The molecule has 6 heteroatoms. The molecule has 0 fully saturated rings. The molecule has 0 saturated heterocycles. The highest BCUT2D eigenvalue weighted by molar-refractivity contribution is 6.30. The van der Waals surface area contributed by atoms with E-state index >= 15 is 0 Å². The molecule has 26 heavy (non-hydrogen) atoms. The van der Waals surface area contributed by atoms with Crippen LogP contribution in [0.2, 0.25) is 5.02 Å². The first-order valence-corrected chi connectivity index (χ1v) is 9.08. The molecule has 1 aliphatic heterocycles. The van der Waals surface area contributed by atoms with Gasteiger partial charge in [0.05, 0.1) is 12.0 Å². The number of fused-ring (bicyclic) bond motifs is 2. The van der Waals surface area contributed by atoms with Gasteiger partial charge in [0.2, 0.25) is 5.91 Å². The van der Waals surface area contributed by atoms with Crippen LogP contribution in [0.4, 0.5) is 5.69 Å². The molecule has 1 aliphatic carbocycles. The van der Waals surface area contributed by atoms with Crippen LogP contribution in [0.1, 0.15) is 35.6 Å². The largest absolute Gasteiger partial charge is 0.492 e. The van der Waals surface area contributed by atoms with Crippen LogP contribution in [0.25, 0.3) is 0 Å². The Balaban J connectivity index is 0.00000196. The maximum absolute atomic E-state index is 12.8. The van der Waals surface area contributed by atoms with Gasteiger partial charge in [0.15, 0.2) is 0 Å². The molecule has 0 saturated carbocycles. The highest BCUT2D eigenvalue weighted by Gasteiger charge is 2.29. The molecular formula is C20H22Cl2N2O2. The van der Waals surface area contributed by atoms with Crippen molar-refractivity contribution in [1.29, 1.82) is 0 Å². The van der Waals surface area contributed by atoms with Gasteiger partial charge in [0, 0.05) is 10.7 Å². The second-order valence-electron chi connectivity index (χ2n) is 6.88. The summed E-state index contributed by atoms with van der Waals surface area (Å²) in [6.07, 6.45) is 3.69. The zero-order chi connectivity index (χ0) is 17.4. The number of halogens is 2. The van der Waals surface area contributed by atoms with Crippen LogP contribution in [0.15, 0.2) is 36.4 Å². The van der Waals surface area contributed by atoms with Gasteiger partial charge in [-0.05, 0) is 72.7 Å². The van der Waals surface area contributed by atoms with Crippen molar-refractivity contribution in [2.75, 3.05) is 12.3 Å². The van der Waals surface area contributed by atoms with Crippen molar-refractivity contribution in [3.05, 3.63) is 58.1 Å². The van der Waals surface area contributed by atoms with Crippen molar-refractivity contribution in [2.45, 2.75) is 31.7 Å². The molecule has 2 unspecified atom stereocenters. The number of benzene rings is 2. The second-order valence-corrected chi connectivity index (χ2v) is 7.31. The number of nitrogens with two attached hydrogens (primary N) is 1. The van der Waals surface area contributed by atoms with Gasteiger partial charge in [-0.2, -0.15) is 0 Å². The topological polar surface area (TPSA) is 64.3 Å². The summed E-state index contributed by atoms with van der Waals surface area (Å²) in [7, 11) is 0. The Morgan fingerprint density at radius 2 is 2.04 bits per heavy atom. The van der Waals surface area contributed by atoms with Crippen molar-refractivity contribution < 1.29 is 9.53 Å². The van der Waals surface area contributed by atoms with Crippen LogP contribution < -0.4 is 15.8 Å². The third-order valence-corrected chi connectivity index (χ3v) is 5.33. The normalized spacial score (nSPS) is 20.8. The maximum atomic E-state index is 12.8. The number of hydrogen-bond donors (Lipinski definition) is 2. The highest BCUT2D eigenvalue weighted by Crippen LogP contribution is 2.33. The van der Waals surface area contributed by atoms with Gasteiger partial charge in [-0.1, -0.05) is 17.7 Å². The van der Waals surface area contributed by atoms with Gasteiger partial charge in [-0.25, -0.2) is 0 Å². The summed E-state index contributed by atoms with van der Waals surface area (Å²) >= 11 is 6.06.